The molecule has 46 heavy (non-hydrogen) atoms. The number of allylic oxidation sites excluding steroid dienone is 1. The second-order valence-corrected chi connectivity index (χ2v) is 13.2. The number of rotatable bonds is 8. The van der Waals surface area contributed by atoms with Crippen molar-refractivity contribution in [3.05, 3.63) is 148 Å². The van der Waals surface area contributed by atoms with Crippen LogP contribution < -0.4 is 29.7 Å². The minimum absolute atomic E-state index is 0.0575. The Morgan fingerprint density at radius 1 is 1.04 bits per heavy atom. The number of aromatic nitrogens is 1. The van der Waals surface area contributed by atoms with E-state index in [-0.39, 0.29) is 17.1 Å². The molecule has 6 rings (SSSR count). The maximum atomic E-state index is 14.3. The zero-order chi connectivity index (χ0) is 32.4. The number of ether oxygens (including phenoxy) is 2. The number of anilines is 1. The van der Waals surface area contributed by atoms with Gasteiger partial charge in [-0.25, -0.2) is 4.99 Å². The highest BCUT2D eigenvalue weighted by Crippen LogP contribution is 2.36. The number of aromatic hydroxyl groups is 1. The Hall–Kier alpha value is -4.45. The van der Waals surface area contributed by atoms with Gasteiger partial charge in [0.05, 0.1) is 33.4 Å². The number of carbonyl (C=O) groups is 1. The molecular weight excluding hydrogens is 734 g/mol. The average molecular weight is 761 g/mol. The van der Waals surface area contributed by atoms with Crippen molar-refractivity contribution in [2.24, 2.45) is 4.99 Å². The van der Waals surface area contributed by atoms with E-state index >= 15 is 0 Å². The second-order valence-electron chi connectivity index (χ2n) is 10.4. The zero-order valence-electron chi connectivity index (χ0n) is 24.7. The summed E-state index contributed by atoms with van der Waals surface area (Å²) in [7, 11) is 1.45. The maximum Gasteiger partial charge on any atom is 0.271 e. The number of benzene rings is 4. The van der Waals surface area contributed by atoms with Gasteiger partial charge < -0.3 is 19.9 Å². The number of amides is 1. The molecule has 8 nitrogen and oxygen atoms in total. The number of nitrogens with zero attached hydrogens (tertiary/aromatic N) is 2. The van der Waals surface area contributed by atoms with Crippen molar-refractivity contribution in [1.29, 1.82) is 0 Å². The number of halogens is 2. The topological polar surface area (TPSA) is 102 Å². The van der Waals surface area contributed by atoms with E-state index in [0.29, 0.717) is 49.8 Å². The number of thiazole rings is 1. The molecule has 0 spiro atoms. The number of phenolic OH excluding ortho intramolecular Hbond substituents is 1. The van der Waals surface area contributed by atoms with Crippen molar-refractivity contribution in [2.75, 3.05) is 12.4 Å². The predicted octanol–water partition coefficient (Wildman–Crippen LogP) is 6.69. The van der Waals surface area contributed by atoms with E-state index in [1.165, 1.54) is 29.1 Å². The molecule has 1 aromatic heterocycles. The Balaban J connectivity index is 1.49. The number of hydrogen-bond donors (Lipinski definition) is 2. The van der Waals surface area contributed by atoms with Crippen LogP contribution in [0.3, 0.4) is 0 Å². The van der Waals surface area contributed by atoms with Crippen LogP contribution in [0.1, 0.15) is 29.7 Å². The lowest BCUT2D eigenvalue weighted by atomic mass is 9.94. The summed E-state index contributed by atoms with van der Waals surface area (Å²) >= 11 is 8.41. The molecule has 5 aromatic rings. The third-order valence-electron chi connectivity index (χ3n) is 7.37. The highest BCUT2D eigenvalue weighted by atomic mass is 79.9. The molecule has 1 aliphatic rings. The molecular formula is C35H27Br2N3O5S. The van der Waals surface area contributed by atoms with Crippen molar-refractivity contribution in [3.63, 3.8) is 0 Å². The smallest absolute Gasteiger partial charge is 0.271 e. The summed E-state index contributed by atoms with van der Waals surface area (Å²) in [5.74, 6) is 0.345. The number of nitrogens with one attached hydrogen (secondary N) is 1. The predicted molar refractivity (Wildman–Crippen MR) is 186 cm³/mol. The van der Waals surface area contributed by atoms with Gasteiger partial charge in [-0.3, -0.25) is 14.2 Å². The van der Waals surface area contributed by atoms with E-state index in [1.807, 2.05) is 60.7 Å². The second kappa shape index (κ2) is 13.5. The highest BCUT2D eigenvalue weighted by Gasteiger charge is 2.33. The fourth-order valence-corrected chi connectivity index (χ4v) is 7.63. The first-order valence-electron chi connectivity index (χ1n) is 14.1. The molecule has 2 N–H and O–H groups in total. The Morgan fingerprint density at radius 2 is 1.76 bits per heavy atom. The van der Waals surface area contributed by atoms with Crippen molar-refractivity contribution in [1.82, 2.24) is 4.57 Å². The lowest BCUT2D eigenvalue weighted by Gasteiger charge is -2.25. The molecule has 4 aromatic carbocycles. The molecule has 11 heteroatoms. The minimum Gasteiger partial charge on any atom is -0.504 e. The lowest BCUT2D eigenvalue weighted by Crippen LogP contribution is -2.40. The van der Waals surface area contributed by atoms with Crippen molar-refractivity contribution in [3.8, 4) is 17.2 Å². The van der Waals surface area contributed by atoms with Gasteiger partial charge in [-0.15, -0.1) is 0 Å². The van der Waals surface area contributed by atoms with Gasteiger partial charge in [-0.05, 0) is 76.5 Å². The normalized spacial score (nSPS) is 14.4. The number of carbonyl (C=O) groups excluding carboxylic acids is 1. The first kappa shape index (κ1) is 31.5. The van der Waals surface area contributed by atoms with Gasteiger partial charge in [-0.1, -0.05) is 81.9 Å². The largest absolute Gasteiger partial charge is 0.504 e. The van der Waals surface area contributed by atoms with Gasteiger partial charge in [0.1, 0.15) is 12.4 Å². The fourth-order valence-electron chi connectivity index (χ4n) is 5.22. The molecule has 0 aliphatic carbocycles. The van der Waals surface area contributed by atoms with Crippen LogP contribution >= 0.6 is 43.2 Å². The summed E-state index contributed by atoms with van der Waals surface area (Å²) < 4.78 is 15.1. The van der Waals surface area contributed by atoms with Crippen molar-refractivity contribution < 1.29 is 19.4 Å². The molecule has 1 atom stereocenters. The molecule has 1 aliphatic heterocycles. The lowest BCUT2D eigenvalue weighted by molar-refractivity contribution is -0.113. The van der Waals surface area contributed by atoms with Crippen molar-refractivity contribution in [2.45, 2.75) is 19.6 Å². The van der Waals surface area contributed by atoms with Crippen molar-refractivity contribution >= 4 is 60.9 Å². The van der Waals surface area contributed by atoms with Crippen LogP contribution in [0.2, 0.25) is 0 Å². The summed E-state index contributed by atoms with van der Waals surface area (Å²) in [6, 6.07) is 26.6. The van der Waals surface area contributed by atoms with Crippen LogP contribution in [-0.2, 0) is 11.4 Å². The molecule has 0 unspecified atom stereocenters. The van der Waals surface area contributed by atoms with E-state index in [1.54, 1.807) is 37.3 Å². The van der Waals surface area contributed by atoms with Gasteiger partial charge in [0, 0.05) is 15.7 Å². The van der Waals surface area contributed by atoms with Crippen LogP contribution in [-0.4, -0.2) is 22.7 Å². The first-order chi connectivity index (χ1) is 22.2. The Labute approximate surface area is 285 Å². The number of phenols is 1. The summed E-state index contributed by atoms with van der Waals surface area (Å²) in [6.07, 6.45) is 1.77. The Kier molecular flexibility index (Phi) is 9.25. The molecule has 0 radical (unpaired) electrons. The Bertz CT molecular complexity index is 2160. The summed E-state index contributed by atoms with van der Waals surface area (Å²) in [5, 5.41) is 13.3. The van der Waals surface area contributed by atoms with E-state index in [4.69, 9.17) is 14.5 Å². The number of hydrogen-bond acceptors (Lipinski definition) is 7. The SMILES string of the molecule is COc1cc([C@@H]2C(C(=O)Nc3ccccc3)=C(C)N=c3s/c(=C\c4cc(Br)cc(Br)c4OCc4ccccc4)c(=O)n32)ccc1O. The summed E-state index contributed by atoms with van der Waals surface area (Å²) in [4.78, 5) is 33.3. The highest BCUT2D eigenvalue weighted by molar-refractivity contribution is 9.11. The van der Waals surface area contributed by atoms with Crippen LogP contribution in [0, 0.1) is 0 Å². The minimum atomic E-state index is -0.848. The molecule has 232 valence electrons. The van der Waals surface area contributed by atoms with E-state index in [9.17, 15) is 14.7 Å². The van der Waals surface area contributed by atoms with Gasteiger partial charge in [0.15, 0.2) is 16.3 Å². The van der Waals surface area contributed by atoms with Crippen LogP contribution in [0.4, 0.5) is 5.69 Å². The van der Waals surface area contributed by atoms with Gasteiger partial charge in [0.2, 0.25) is 0 Å². The van der Waals surface area contributed by atoms with Crippen LogP contribution in [0.25, 0.3) is 6.08 Å². The van der Waals surface area contributed by atoms with E-state index in [2.05, 4.69) is 37.2 Å². The summed E-state index contributed by atoms with van der Waals surface area (Å²) in [6.45, 7) is 2.09. The maximum absolute atomic E-state index is 14.3. The standard InChI is InChI=1S/C35H27Br2N3O5S/c1-20-30(33(42)39-25-11-7-4-8-12-25)31(22-13-14-27(41)28(16-22)44-2)40-34(43)29(46-35(40)38-20)17-23-15-24(36)18-26(37)32(23)45-19-21-9-5-3-6-10-21/h3-18,31,41H,19H2,1-2H3,(H,39,42)/b29-17-/t31-/m1/s1. The third-order valence-corrected chi connectivity index (χ3v) is 9.40. The van der Waals surface area contributed by atoms with Gasteiger partial charge in [0.25, 0.3) is 11.5 Å². The average Bonchev–Trinajstić information content (AvgIpc) is 3.34. The molecule has 2 heterocycles. The zero-order valence-corrected chi connectivity index (χ0v) is 28.6. The Morgan fingerprint density at radius 3 is 2.48 bits per heavy atom. The molecule has 0 saturated carbocycles. The molecule has 1 amide bonds. The number of para-hydroxylation sites is 1. The van der Waals surface area contributed by atoms with Gasteiger partial charge >= 0.3 is 0 Å². The van der Waals surface area contributed by atoms with Gasteiger partial charge in [-0.2, -0.15) is 0 Å². The summed E-state index contributed by atoms with van der Waals surface area (Å²) in [5.41, 5.74) is 3.31. The van der Waals surface area contributed by atoms with Crippen LogP contribution in [0.5, 0.6) is 17.2 Å². The van der Waals surface area contributed by atoms with E-state index < -0.39 is 11.9 Å². The van der Waals surface area contributed by atoms with E-state index in [0.717, 1.165) is 14.5 Å². The number of methoxy groups -OCH3 is 1. The first-order valence-corrected chi connectivity index (χ1v) is 16.6. The molecule has 0 fully saturated rings. The number of fused-ring (bicyclic) bond motifs is 1. The molecule has 0 saturated heterocycles. The third kappa shape index (κ3) is 6.44. The monoisotopic (exact) mass is 759 g/mol. The fraction of sp³-hybridized carbons (Fsp3) is 0.114. The quantitative estimate of drug-likeness (QED) is 0.184. The van der Waals surface area contributed by atoms with Crippen LogP contribution in [0.15, 0.2) is 121 Å². The molecule has 0 bridgehead atoms.